The lowest BCUT2D eigenvalue weighted by Crippen LogP contribution is -2.14. The topological polar surface area (TPSA) is 38.0 Å². The van der Waals surface area contributed by atoms with E-state index in [2.05, 4.69) is 12.2 Å². The fourth-order valence-corrected chi connectivity index (χ4v) is 1.12. The zero-order valence-corrected chi connectivity index (χ0v) is 7.90. The van der Waals surface area contributed by atoms with Crippen LogP contribution < -0.4 is 11.1 Å². The number of unbranched alkanes of at least 4 members (excludes halogenated alkanes) is 3. The van der Waals surface area contributed by atoms with Gasteiger partial charge in [0.15, 0.2) is 0 Å². The summed E-state index contributed by atoms with van der Waals surface area (Å²) in [6, 6.07) is 0.388. The third kappa shape index (κ3) is 9.92. The van der Waals surface area contributed by atoms with Crippen molar-refractivity contribution in [2.75, 3.05) is 13.6 Å². The summed E-state index contributed by atoms with van der Waals surface area (Å²) >= 11 is 0. The number of nitrogens with two attached hydrogens (primary N) is 1. The molecule has 0 aromatic heterocycles. The summed E-state index contributed by atoms with van der Waals surface area (Å²) in [6.45, 7) is 3.23. The second-order valence-electron chi connectivity index (χ2n) is 3.28. The number of nitrogens with one attached hydrogen (secondary N) is 1. The quantitative estimate of drug-likeness (QED) is 0.551. The van der Waals surface area contributed by atoms with Crippen molar-refractivity contribution in [2.45, 2.75) is 45.1 Å². The van der Waals surface area contributed by atoms with Crippen molar-refractivity contribution in [1.29, 1.82) is 0 Å². The van der Waals surface area contributed by atoms with Crippen LogP contribution in [0.15, 0.2) is 0 Å². The molecule has 68 valence electrons. The summed E-state index contributed by atoms with van der Waals surface area (Å²) in [5.41, 5.74) is 5.62. The van der Waals surface area contributed by atoms with Gasteiger partial charge in [-0.1, -0.05) is 19.3 Å². The lowest BCUT2D eigenvalue weighted by Gasteiger charge is -2.03. The van der Waals surface area contributed by atoms with E-state index >= 15 is 0 Å². The minimum absolute atomic E-state index is 0.388. The van der Waals surface area contributed by atoms with Crippen molar-refractivity contribution in [3.05, 3.63) is 0 Å². The van der Waals surface area contributed by atoms with Gasteiger partial charge in [0.25, 0.3) is 0 Å². The third-order valence-corrected chi connectivity index (χ3v) is 1.84. The van der Waals surface area contributed by atoms with Gasteiger partial charge in [-0.15, -0.1) is 0 Å². The Balaban J connectivity index is 2.80. The van der Waals surface area contributed by atoms with E-state index in [-0.39, 0.29) is 0 Å². The number of rotatable bonds is 7. The molecule has 0 heterocycles. The van der Waals surface area contributed by atoms with Gasteiger partial charge in [0.05, 0.1) is 0 Å². The third-order valence-electron chi connectivity index (χ3n) is 1.84. The molecular weight excluding hydrogens is 136 g/mol. The summed E-state index contributed by atoms with van der Waals surface area (Å²) in [5, 5.41) is 3.14. The van der Waals surface area contributed by atoms with Gasteiger partial charge >= 0.3 is 0 Å². The molecule has 0 spiro atoms. The van der Waals surface area contributed by atoms with Crippen LogP contribution in [0.3, 0.4) is 0 Å². The first-order chi connectivity index (χ1) is 5.27. The van der Waals surface area contributed by atoms with Crippen molar-refractivity contribution in [2.24, 2.45) is 5.73 Å². The first-order valence-electron chi connectivity index (χ1n) is 4.67. The van der Waals surface area contributed by atoms with Crippen molar-refractivity contribution in [1.82, 2.24) is 5.32 Å². The van der Waals surface area contributed by atoms with Crippen LogP contribution in [0.1, 0.15) is 39.0 Å². The largest absolute Gasteiger partial charge is 0.328 e. The molecule has 2 heteroatoms. The molecular formula is C9H22N2. The summed E-state index contributed by atoms with van der Waals surface area (Å²) < 4.78 is 0. The fraction of sp³-hybridized carbons (Fsp3) is 1.00. The lowest BCUT2D eigenvalue weighted by molar-refractivity contribution is 0.559. The Morgan fingerprint density at radius 3 is 2.36 bits per heavy atom. The van der Waals surface area contributed by atoms with Gasteiger partial charge in [0.1, 0.15) is 0 Å². The van der Waals surface area contributed by atoms with Gasteiger partial charge in [-0.25, -0.2) is 0 Å². The highest BCUT2D eigenvalue weighted by molar-refractivity contribution is 4.53. The van der Waals surface area contributed by atoms with Crippen LogP contribution >= 0.6 is 0 Å². The Kier molecular flexibility index (Phi) is 7.96. The van der Waals surface area contributed by atoms with Crippen molar-refractivity contribution >= 4 is 0 Å². The fourth-order valence-electron chi connectivity index (χ4n) is 1.12. The van der Waals surface area contributed by atoms with Crippen LogP contribution in [-0.4, -0.2) is 19.6 Å². The van der Waals surface area contributed by atoms with Crippen LogP contribution in [0.25, 0.3) is 0 Å². The molecule has 0 rings (SSSR count). The maximum absolute atomic E-state index is 5.62. The molecule has 0 aliphatic carbocycles. The summed E-state index contributed by atoms with van der Waals surface area (Å²) in [5.74, 6) is 0. The van der Waals surface area contributed by atoms with Crippen LogP contribution in [0.4, 0.5) is 0 Å². The molecule has 3 N–H and O–H groups in total. The monoisotopic (exact) mass is 158 g/mol. The average Bonchev–Trinajstić information content (AvgIpc) is 1.96. The number of hydrogen-bond acceptors (Lipinski definition) is 2. The molecule has 0 saturated carbocycles. The SMILES string of the molecule is CNCCCCCCC(C)N. The van der Waals surface area contributed by atoms with E-state index in [0.29, 0.717) is 6.04 Å². The summed E-state index contributed by atoms with van der Waals surface area (Å²) in [4.78, 5) is 0. The second-order valence-corrected chi connectivity index (χ2v) is 3.28. The Labute approximate surface area is 70.5 Å². The highest BCUT2D eigenvalue weighted by atomic mass is 14.8. The van der Waals surface area contributed by atoms with Crippen LogP contribution in [0.5, 0.6) is 0 Å². The van der Waals surface area contributed by atoms with E-state index < -0.39 is 0 Å². The van der Waals surface area contributed by atoms with Gasteiger partial charge in [-0.3, -0.25) is 0 Å². The van der Waals surface area contributed by atoms with Crippen molar-refractivity contribution < 1.29 is 0 Å². The van der Waals surface area contributed by atoms with E-state index in [1.807, 2.05) is 7.05 Å². The average molecular weight is 158 g/mol. The Morgan fingerprint density at radius 2 is 1.82 bits per heavy atom. The Morgan fingerprint density at radius 1 is 1.18 bits per heavy atom. The summed E-state index contributed by atoms with van der Waals surface area (Å²) in [6.07, 6.45) is 6.45. The normalized spacial score (nSPS) is 13.4. The first-order valence-corrected chi connectivity index (χ1v) is 4.67. The zero-order valence-electron chi connectivity index (χ0n) is 7.90. The minimum atomic E-state index is 0.388. The van der Waals surface area contributed by atoms with Crippen molar-refractivity contribution in [3.63, 3.8) is 0 Å². The Hall–Kier alpha value is -0.0800. The zero-order chi connectivity index (χ0) is 8.53. The maximum Gasteiger partial charge on any atom is 0.00104 e. The van der Waals surface area contributed by atoms with Crippen LogP contribution in [0.2, 0.25) is 0 Å². The highest BCUT2D eigenvalue weighted by Crippen LogP contribution is 2.03. The highest BCUT2D eigenvalue weighted by Gasteiger charge is 1.93. The molecule has 0 radical (unpaired) electrons. The van der Waals surface area contributed by atoms with Crippen molar-refractivity contribution in [3.8, 4) is 0 Å². The molecule has 11 heavy (non-hydrogen) atoms. The van der Waals surface area contributed by atoms with E-state index in [1.54, 1.807) is 0 Å². The van der Waals surface area contributed by atoms with Gasteiger partial charge in [0, 0.05) is 6.04 Å². The van der Waals surface area contributed by atoms with Crippen LogP contribution in [-0.2, 0) is 0 Å². The van der Waals surface area contributed by atoms with Crippen LogP contribution in [0, 0.1) is 0 Å². The molecule has 0 aliphatic rings. The van der Waals surface area contributed by atoms with E-state index in [0.717, 1.165) is 6.54 Å². The molecule has 0 aromatic rings. The minimum Gasteiger partial charge on any atom is -0.328 e. The van der Waals surface area contributed by atoms with E-state index in [1.165, 1.54) is 32.1 Å². The van der Waals surface area contributed by atoms with Gasteiger partial charge < -0.3 is 11.1 Å². The van der Waals surface area contributed by atoms with Gasteiger partial charge in [0.2, 0.25) is 0 Å². The van der Waals surface area contributed by atoms with Gasteiger partial charge in [-0.2, -0.15) is 0 Å². The van der Waals surface area contributed by atoms with E-state index in [9.17, 15) is 0 Å². The standard InChI is InChI=1S/C9H22N2/c1-9(10)7-5-3-4-6-8-11-2/h9,11H,3-8,10H2,1-2H3. The second kappa shape index (κ2) is 8.02. The molecule has 1 unspecified atom stereocenters. The van der Waals surface area contributed by atoms with E-state index in [4.69, 9.17) is 5.73 Å². The molecule has 0 aliphatic heterocycles. The maximum atomic E-state index is 5.62. The predicted octanol–water partition coefficient (Wildman–Crippen LogP) is 1.50. The molecule has 2 nitrogen and oxygen atoms in total. The molecule has 0 bridgehead atoms. The molecule has 0 fully saturated rings. The molecule has 0 aromatic carbocycles. The predicted molar refractivity (Wildman–Crippen MR) is 50.7 cm³/mol. The molecule has 0 amide bonds. The number of hydrogen-bond donors (Lipinski definition) is 2. The smallest absolute Gasteiger partial charge is 0.00104 e. The lowest BCUT2D eigenvalue weighted by atomic mass is 10.1. The molecule has 0 saturated heterocycles. The Bertz CT molecular complexity index is 72.0. The van der Waals surface area contributed by atoms with Gasteiger partial charge in [-0.05, 0) is 33.4 Å². The summed E-state index contributed by atoms with van der Waals surface area (Å²) in [7, 11) is 2.00. The first kappa shape index (κ1) is 10.9. The molecule has 1 atom stereocenters.